The van der Waals surface area contributed by atoms with Crippen LogP contribution in [0.2, 0.25) is 0 Å². The number of unbranched alkanes of at least 4 members (excludes halogenated alkanes) is 13. The van der Waals surface area contributed by atoms with Gasteiger partial charge < -0.3 is 27.9 Å². The van der Waals surface area contributed by atoms with Gasteiger partial charge in [-0.05, 0) is 44.9 Å². The molecule has 0 fully saturated rings. The summed E-state index contributed by atoms with van der Waals surface area (Å²) in [5.41, 5.74) is 0. The van der Waals surface area contributed by atoms with E-state index >= 15 is 0 Å². The molecule has 0 heterocycles. The lowest BCUT2D eigenvalue weighted by Crippen LogP contribution is -2.37. The Morgan fingerprint density at radius 1 is 0.571 bits per heavy atom. The van der Waals surface area contributed by atoms with Crippen molar-refractivity contribution >= 4 is 19.8 Å². The van der Waals surface area contributed by atoms with Crippen LogP contribution in [0.1, 0.15) is 155 Å². The van der Waals surface area contributed by atoms with E-state index in [-0.39, 0.29) is 26.1 Å². The first-order chi connectivity index (χ1) is 27.0. The van der Waals surface area contributed by atoms with Crippen molar-refractivity contribution < 1.29 is 42.1 Å². The molecular weight excluding hydrogens is 725 g/mol. The second-order valence-corrected chi connectivity index (χ2v) is 16.8. The number of quaternary nitrogens is 1. The van der Waals surface area contributed by atoms with Crippen LogP contribution >= 0.6 is 7.82 Å². The van der Waals surface area contributed by atoms with Gasteiger partial charge in [0, 0.05) is 6.42 Å². The Labute approximate surface area is 342 Å². The van der Waals surface area contributed by atoms with Gasteiger partial charge in [-0.15, -0.1) is 0 Å². The summed E-state index contributed by atoms with van der Waals surface area (Å²) in [7, 11) is 1.10. The number of esters is 2. The van der Waals surface area contributed by atoms with Crippen molar-refractivity contribution in [2.75, 3.05) is 47.5 Å². The first-order valence-corrected chi connectivity index (χ1v) is 23.1. The summed E-state index contributed by atoms with van der Waals surface area (Å²) in [4.78, 5) is 37.4. The Morgan fingerprint density at radius 3 is 1.48 bits per heavy atom. The van der Waals surface area contributed by atoms with Crippen molar-refractivity contribution in [3.63, 3.8) is 0 Å². The maximum atomic E-state index is 12.6. The van der Waals surface area contributed by atoms with Crippen molar-refractivity contribution in [2.45, 2.75) is 161 Å². The van der Waals surface area contributed by atoms with Crippen LogP contribution in [-0.4, -0.2) is 70.0 Å². The minimum Gasteiger partial charge on any atom is -0.756 e. The zero-order valence-electron chi connectivity index (χ0n) is 36.1. The highest BCUT2D eigenvalue weighted by atomic mass is 31.2. The molecule has 2 atom stereocenters. The topological polar surface area (TPSA) is 111 Å². The fourth-order valence-corrected chi connectivity index (χ4v) is 6.08. The summed E-state index contributed by atoms with van der Waals surface area (Å²) < 4.78 is 33.7. The van der Waals surface area contributed by atoms with Crippen LogP contribution in [0, 0.1) is 0 Å². The number of rotatable bonds is 38. The van der Waals surface area contributed by atoms with Gasteiger partial charge in [-0.2, -0.15) is 0 Å². The van der Waals surface area contributed by atoms with E-state index in [0.29, 0.717) is 17.4 Å². The zero-order chi connectivity index (χ0) is 41.4. The van der Waals surface area contributed by atoms with E-state index < -0.39 is 32.5 Å². The number of likely N-dealkylation sites (N-methyl/N-ethyl adjacent to an activating group) is 1. The molecule has 0 bridgehead atoms. The molecule has 0 saturated carbocycles. The highest BCUT2D eigenvalue weighted by Crippen LogP contribution is 2.38. The van der Waals surface area contributed by atoms with Crippen LogP contribution in [0.5, 0.6) is 0 Å². The lowest BCUT2D eigenvalue weighted by molar-refractivity contribution is -0.870. The predicted molar refractivity (Wildman–Crippen MR) is 231 cm³/mol. The Bertz CT molecular complexity index is 1180. The monoisotopic (exact) mass is 806 g/mol. The Hall–Kier alpha value is -2.55. The minimum absolute atomic E-state index is 0.0107. The third-order valence-corrected chi connectivity index (χ3v) is 9.71. The van der Waals surface area contributed by atoms with Gasteiger partial charge in [0.15, 0.2) is 6.10 Å². The smallest absolute Gasteiger partial charge is 0.310 e. The summed E-state index contributed by atoms with van der Waals surface area (Å²) in [6.45, 7) is 4.03. The molecule has 0 aromatic heterocycles. The molecular formula is C46H80NO8P. The summed E-state index contributed by atoms with van der Waals surface area (Å²) in [5.74, 6) is -0.987. The van der Waals surface area contributed by atoms with E-state index in [1.807, 2.05) is 33.3 Å². The fraction of sp³-hybridized carbons (Fsp3) is 0.696. The number of ether oxygens (including phenoxy) is 2. The highest BCUT2D eigenvalue weighted by Gasteiger charge is 2.21. The molecule has 10 heteroatoms. The SMILES string of the molecule is CCC/C=C/C/C=C\C/C=C\C/C=C\C/C=C\C/C=C\CC(=O)OC(COC(=O)CCCCCCCCCCCCCCC)COP(=O)([O-])OCC[N+](C)(C)C. The third kappa shape index (κ3) is 41.1. The Kier molecular flexibility index (Phi) is 36.3. The van der Waals surface area contributed by atoms with E-state index in [4.69, 9.17) is 18.5 Å². The van der Waals surface area contributed by atoms with Crippen molar-refractivity contribution in [2.24, 2.45) is 0 Å². The minimum atomic E-state index is -4.65. The number of hydrogen-bond acceptors (Lipinski definition) is 8. The molecule has 0 rings (SSSR count). The second-order valence-electron chi connectivity index (χ2n) is 15.4. The van der Waals surface area contributed by atoms with Gasteiger partial charge >= 0.3 is 11.9 Å². The van der Waals surface area contributed by atoms with E-state index in [2.05, 4.69) is 68.5 Å². The standard InChI is InChI=1S/C46H80NO8P/c1-6-8-10-12-14-16-18-20-21-22-23-24-25-27-29-31-33-35-37-39-46(49)55-44(43-54-56(50,51)53-41-40-47(3,4)5)42-52-45(48)38-36-34-32-30-28-26-19-17-15-13-11-9-7-2/h10,12,16,18,21-22,24-25,29,31,35,37,44H,6-9,11,13-15,17,19-20,23,26-28,30,32-34,36,38-43H2,1-5H3/b12-10+,18-16-,22-21-,25-24-,31-29-,37-35-. The lowest BCUT2D eigenvalue weighted by atomic mass is 10.0. The number of phosphoric acid groups is 1. The summed E-state index contributed by atoms with van der Waals surface area (Å²) in [5, 5.41) is 0. The molecule has 0 aromatic rings. The molecule has 0 amide bonds. The molecule has 0 aliphatic rings. The van der Waals surface area contributed by atoms with Crippen molar-refractivity contribution in [3.05, 3.63) is 72.9 Å². The number of carbonyl (C=O) groups is 2. The zero-order valence-corrected chi connectivity index (χ0v) is 36.9. The van der Waals surface area contributed by atoms with E-state index in [0.717, 1.165) is 51.4 Å². The molecule has 0 aromatic carbocycles. The molecule has 0 saturated heterocycles. The van der Waals surface area contributed by atoms with Gasteiger partial charge in [-0.3, -0.25) is 14.2 Å². The summed E-state index contributed by atoms with van der Waals surface area (Å²) in [6, 6.07) is 0. The molecule has 322 valence electrons. The normalized spacial score (nSPS) is 14.3. The number of phosphoric ester groups is 1. The number of allylic oxidation sites excluding steroid dienone is 11. The van der Waals surface area contributed by atoms with Crippen LogP contribution in [-0.2, 0) is 32.7 Å². The predicted octanol–water partition coefficient (Wildman–Crippen LogP) is 11.6. The average Bonchev–Trinajstić information content (AvgIpc) is 3.15. The third-order valence-electron chi connectivity index (χ3n) is 8.74. The lowest BCUT2D eigenvalue weighted by Gasteiger charge is -2.28. The molecule has 9 nitrogen and oxygen atoms in total. The Morgan fingerprint density at radius 2 is 1.02 bits per heavy atom. The van der Waals surface area contributed by atoms with Crippen LogP contribution in [0.3, 0.4) is 0 Å². The molecule has 0 aliphatic carbocycles. The van der Waals surface area contributed by atoms with Gasteiger partial charge in [0.05, 0.1) is 34.2 Å². The van der Waals surface area contributed by atoms with Crippen molar-refractivity contribution in [3.8, 4) is 0 Å². The fourth-order valence-electron chi connectivity index (χ4n) is 5.35. The van der Waals surface area contributed by atoms with Crippen LogP contribution in [0.15, 0.2) is 72.9 Å². The van der Waals surface area contributed by atoms with Gasteiger partial charge in [0.1, 0.15) is 19.8 Å². The van der Waals surface area contributed by atoms with E-state index in [9.17, 15) is 19.0 Å². The highest BCUT2D eigenvalue weighted by molar-refractivity contribution is 7.45. The first kappa shape index (κ1) is 53.5. The average molecular weight is 806 g/mol. The Balaban J connectivity index is 4.54. The second kappa shape index (κ2) is 38.0. The molecule has 56 heavy (non-hydrogen) atoms. The summed E-state index contributed by atoms with van der Waals surface area (Å²) in [6.07, 6.45) is 46.7. The molecule has 0 aliphatic heterocycles. The van der Waals surface area contributed by atoms with Crippen molar-refractivity contribution in [1.82, 2.24) is 0 Å². The van der Waals surface area contributed by atoms with Crippen LogP contribution < -0.4 is 4.89 Å². The number of hydrogen-bond donors (Lipinski definition) is 0. The van der Waals surface area contributed by atoms with E-state index in [1.165, 1.54) is 70.6 Å². The van der Waals surface area contributed by atoms with Gasteiger partial charge in [-0.1, -0.05) is 170 Å². The van der Waals surface area contributed by atoms with E-state index in [1.54, 1.807) is 6.08 Å². The van der Waals surface area contributed by atoms with Crippen molar-refractivity contribution in [1.29, 1.82) is 0 Å². The van der Waals surface area contributed by atoms with Gasteiger partial charge in [0.25, 0.3) is 7.82 Å². The van der Waals surface area contributed by atoms with Gasteiger partial charge in [-0.25, -0.2) is 0 Å². The molecule has 0 N–H and O–H groups in total. The maximum Gasteiger partial charge on any atom is 0.310 e. The quantitative estimate of drug-likeness (QED) is 0.0199. The van der Waals surface area contributed by atoms with Crippen LogP contribution in [0.4, 0.5) is 0 Å². The largest absolute Gasteiger partial charge is 0.756 e. The van der Waals surface area contributed by atoms with Gasteiger partial charge in [0.2, 0.25) is 0 Å². The molecule has 0 spiro atoms. The molecule has 0 radical (unpaired) electrons. The summed E-state index contributed by atoms with van der Waals surface area (Å²) >= 11 is 0. The number of nitrogens with zero attached hydrogens (tertiary/aromatic N) is 1. The maximum absolute atomic E-state index is 12.6. The number of carbonyl (C=O) groups excluding carboxylic acids is 2. The van der Waals surface area contributed by atoms with Crippen LogP contribution in [0.25, 0.3) is 0 Å². The molecule has 2 unspecified atom stereocenters. The first-order valence-electron chi connectivity index (χ1n) is 21.6.